The Hall–Kier alpha value is -1.75. The van der Waals surface area contributed by atoms with Crippen LogP contribution in [0.4, 0.5) is 5.69 Å². The van der Waals surface area contributed by atoms with E-state index < -0.39 is 0 Å². The summed E-state index contributed by atoms with van der Waals surface area (Å²) < 4.78 is 0. The van der Waals surface area contributed by atoms with Crippen LogP contribution in [0.5, 0.6) is 0 Å². The van der Waals surface area contributed by atoms with Crippen LogP contribution in [0.1, 0.15) is 33.1 Å². The number of nitrogens with zero attached hydrogens (tertiary/aromatic N) is 1. The van der Waals surface area contributed by atoms with Crippen molar-refractivity contribution in [3.8, 4) is 0 Å². The highest BCUT2D eigenvalue weighted by Crippen LogP contribution is 2.20. The molecule has 0 aliphatic carbocycles. The first-order valence-corrected chi connectivity index (χ1v) is 7.84. The van der Waals surface area contributed by atoms with E-state index in [1.54, 1.807) is 0 Å². The lowest BCUT2D eigenvalue weighted by molar-refractivity contribution is 0.230. The van der Waals surface area contributed by atoms with Crippen molar-refractivity contribution in [2.24, 2.45) is 0 Å². The minimum absolute atomic E-state index is 0.149. The van der Waals surface area contributed by atoms with Crippen molar-refractivity contribution in [1.29, 1.82) is 0 Å². The van der Waals surface area contributed by atoms with Gasteiger partial charge in [0.2, 0.25) is 0 Å². The monoisotopic (exact) mass is 288 g/mol. The normalized spacial score (nSPS) is 20.8. The molecule has 21 heavy (non-hydrogen) atoms. The topological polar surface area (TPSA) is 63.9 Å². The lowest BCUT2D eigenvalue weighted by Crippen LogP contribution is -2.32. The fourth-order valence-electron chi connectivity index (χ4n) is 3.14. The molecule has 114 valence electrons. The molecule has 5 heteroatoms. The van der Waals surface area contributed by atoms with Crippen molar-refractivity contribution in [3.63, 3.8) is 0 Å². The quantitative estimate of drug-likeness (QED) is 0.813. The molecule has 1 atom stereocenters. The van der Waals surface area contributed by atoms with Gasteiger partial charge >= 0.3 is 5.69 Å². The zero-order chi connectivity index (χ0) is 14.8. The first-order chi connectivity index (χ1) is 10.1. The average molecular weight is 288 g/mol. The summed E-state index contributed by atoms with van der Waals surface area (Å²) in [6.45, 7) is 6.88. The number of nitrogens with one attached hydrogen (secondary N) is 3. The number of hydrogen-bond acceptors (Lipinski definition) is 3. The van der Waals surface area contributed by atoms with Gasteiger partial charge in [-0.1, -0.05) is 0 Å². The van der Waals surface area contributed by atoms with Gasteiger partial charge in [-0.15, -0.1) is 0 Å². The third kappa shape index (κ3) is 3.29. The predicted molar refractivity (Wildman–Crippen MR) is 86.9 cm³/mol. The molecule has 1 aliphatic rings. The van der Waals surface area contributed by atoms with Crippen molar-refractivity contribution < 1.29 is 0 Å². The Bertz CT molecular complexity index is 658. The van der Waals surface area contributed by atoms with E-state index in [4.69, 9.17) is 0 Å². The Morgan fingerprint density at radius 3 is 2.81 bits per heavy atom. The van der Waals surface area contributed by atoms with Crippen LogP contribution in [0.15, 0.2) is 23.0 Å². The van der Waals surface area contributed by atoms with E-state index in [0.717, 1.165) is 23.3 Å². The molecule has 1 aromatic carbocycles. The van der Waals surface area contributed by atoms with Gasteiger partial charge in [-0.3, -0.25) is 0 Å². The van der Waals surface area contributed by atoms with Crippen LogP contribution in [0, 0.1) is 0 Å². The second-order valence-electron chi connectivity index (χ2n) is 6.24. The van der Waals surface area contributed by atoms with Gasteiger partial charge in [-0.25, -0.2) is 4.79 Å². The van der Waals surface area contributed by atoms with Crippen LogP contribution < -0.4 is 11.0 Å². The van der Waals surface area contributed by atoms with E-state index in [2.05, 4.69) is 34.0 Å². The van der Waals surface area contributed by atoms with Gasteiger partial charge in [-0.05, 0) is 57.9 Å². The Kier molecular flexibility index (Phi) is 4.01. The third-order valence-corrected chi connectivity index (χ3v) is 4.38. The summed E-state index contributed by atoms with van der Waals surface area (Å²) >= 11 is 0. The second-order valence-corrected chi connectivity index (χ2v) is 6.24. The molecule has 3 N–H and O–H groups in total. The highest BCUT2D eigenvalue weighted by atomic mass is 16.1. The van der Waals surface area contributed by atoms with Crippen LogP contribution in [0.2, 0.25) is 0 Å². The van der Waals surface area contributed by atoms with Crippen molar-refractivity contribution in [1.82, 2.24) is 14.9 Å². The highest BCUT2D eigenvalue weighted by molar-refractivity contribution is 5.78. The lowest BCUT2D eigenvalue weighted by Gasteiger charge is -2.24. The molecule has 2 aromatic rings. The first-order valence-electron chi connectivity index (χ1n) is 7.84. The number of H-pyrrole nitrogens is 2. The summed E-state index contributed by atoms with van der Waals surface area (Å²) in [4.78, 5) is 19.4. The zero-order valence-electron chi connectivity index (χ0n) is 12.8. The molecule has 1 fully saturated rings. The smallest absolute Gasteiger partial charge is 0.323 e. The van der Waals surface area contributed by atoms with Crippen LogP contribution in [-0.2, 0) is 0 Å². The molecule has 0 saturated carbocycles. The van der Waals surface area contributed by atoms with Crippen molar-refractivity contribution >= 4 is 16.7 Å². The summed E-state index contributed by atoms with van der Waals surface area (Å²) in [7, 11) is 0. The number of imidazole rings is 1. The maximum atomic E-state index is 11.3. The number of likely N-dealkylation sites (tertiary alicyclic amines) is 1. The van der Waals surface area contributed by atoms with E-state index in [9.17, 15) is 4.79 Å². The van der Waals surface area contributed by atoms with Crippen LogP contribution in [-0.4, -0.2) is 40.0 Å². The van der Waals surface area contributed by atoms with Crippen molar-refractivity contribution in [3.05, 3.63) is 28.7 Å². The molecule has 0 spiro atoms. The fourth-order valence-corrected chi connectivity index (χ4v) is 3.14. The Balaban J connectivity index is 1.68. The molecule has 1 unspecified atom stereocenters. The largest absolute Gasteiger partial charge is 0.382 e. The standard InChI is InChI=1S/C16H24N4O/c1-11(2)20-8-3-4-12(7-9-20)17-13-5-6-14-15(10-13)19-16(21)18-14/h5-6,10-12,17H,3-4,7-9H2,1-2H3,(H2,18,19,21). The van der Waals surface area contributed by atoms with Gasteiger partial charge in [0, 0.05) is 24.3 Å². The van der Waals surface area contributed by atoms with E-state index in [1.165, 1.54) is 25.8 Å². The van der Waals surface area contributed by atoms with Crippen LogP contribution in [0.3, 0.4) is 0 Å². The number of hydrogen-bond donors (Lipinski definition) is 3. The van der Waals surface area contributed by atoms with E-state index in [0.29, 0.717) is 12.1 Å². The molecule has 5 nitrogen and oxygen atoms in total. The number of fused-ring (bicyclic) bond motifs is 1. The minimum Gasteiger partial charge on any atom is -0.382 e. The summed E-state index contributed by atoms with van der Waals surface area (Å²) in [5, 5.41) is 3.62. The molecule has 1 aromatic heterocycles. The molecule has 1 aliphatic heterocycles. The molecule has 2 heterocycles. The average Bonchev–Trinajstić information content (AvgIpc) is 2.65. The number of aromatic amines is 2. The lowest BCUT2D eigenvalue weighted by atomic mass is 10.1. The van der Waals surface area contributed by atoms with Crippen LogP contribution in [0.25, 0.3) is 11.0 Å². The molecular formula is C16H24N4O. The molecular weight excluding hydrogens is 264 g/mol. The predicted octanol–water partition coefficient (Wildman–Crippen LogP) is 2.53. The first kappa shape index (κ1) is 14.2. The van der Waals surface area contributed by atoms with Gasteiger partial charge in [-0.2, -0.15) is 0 Å². The number of aromatic nitrogens is 2. The number of rotatable bonds is 3. The molecule has 0 amide bonds. The number of benzene rings is 1. The highest BCUT2D eigenvalue weighted by Gasteiger charge is 2.18. The summed E-state index contributed by atoms with van der Waals surface area (Å²) in [5.74, 6) is 0. The zero-order valence-corrected chi connectivity index (χ0v) is 12.8. The van der Waals surface area contributed by atoms with Gasteiger partial charge in [0.15, 0.2) is 0 Å². The molecule has 1 saturated heterocycles. The fraction of sp³-hybridized carbons (Fsp3) is 0.562. The molecule has 0 radical (unpaired) electrons. The second kappa shape index (κ2) is 5.93. The van der Waals surface area contributed by atoms with Crippen molar-refractivity contribution in [2.45, 2.75) is 45.2 Å². The Labute approximate surface area is 124 Å². The third-order valence-electron chi connectivity index (χ3n) is 4.38. The minimum atomic E-state index is -0.149. The van der Waals surface area contributed by atoms with E-state index in [1.807, 2.05) is 18.2 Å². The Morgan fingerprint density at radius 2 is 2.00 bits per heavy atom. The Morgan fingerprint density at radius 1 is 1.19 bits per heavy atom. The molecule has 0 bridgehead atoms. The summed E-state index contributed by atoms with van der Waals surface area (Å²) in [6.07, 6.45) is 3.60. The molecule has 3 rings (SSSR count). The summed E-state index contributed by atoms with van der Waals surface area (Å²) in [6, 6.07) is 7.14. The maximum absolute atomic E-state index is 11.3. The SMILES string of the molecule is CC(C)N1CCCC(Nc2ccc3[nH]c(=O)[nH]c3c2)CC1. The van der Waals surface area contributed by atoms with Crippen molar-refractivity contribution in [2.75, 3.05) is 18.4 Å². The van der Waals surface area contributed by atoms with Gasteiger partial charge < -0.3 is 20.2 Å². The van der Waals surface area contributed by atoms with E-state index in [-0.39, 0.29) is 5.69 Å². The number of anilines is 1. The summed E-state index contributed by atoms with van der Waals surface area (Å²) in [5.41, 5.74) is 2.66. The van der Waals surface area contributed by atoms with Crippen LogP contribution >= 0.6 is 0 Å². The van der Waals surface area contributed by atoms with E-state index >= 15 is 0 Å². The van der Waals surface area contributed by atoms with Gasteiger partial charge in [0.05, 0.1) is 11.0 Å². The van der Waals surface area contributed by atoms with Gasteiger partial charge in [0.25, 0.3) is 0 Å². The maximum Gasteiger partial charge on any atom is 0.323 e. The van der Waals surface area contributed by atoms with Gasteiger partial charge in [0.1, 0.15) is 0 Å².